The van der Waals surface area contributed by atoms with Crippen LogP contribution in [0.4, 0.5) is 5.82 Å². The van der Waals surface area contributed by atoms with Crippen LogP contribution >= 0.6 is 0 Å². The summed E-state index contributed by atoms with van der Waals surface area (Å²) >= 11 is 0. The van der Waals surface area contributed by atoms with Crippen molar-refractivity contribution < 1.29 is 5.11 Å². The van der Waals surface area contributed by atoms with Gasteiger partial charge in [0.05, 0.1) is 6.61 Å². The summed E-state index contributed by atoms with van der Waals surface area (Å²) in [4.78, 5) is 6.73. The molecule has 3 heteroatoms. The maximum Gasteiger partial charge on any atom is 0.128 e. The number of rotatable bonds is 4. The van der Waals surface area contributed by atoms with E-state index in [1.807, 2.05) is 19.1 Å². The lowest BCUT2D eigenvalue weighted by Gasteiger charge is -2.19. The number of anilines is 1. The van der Waals surface area contributed by atoms with Gasteiger partial charge in [-0.3, -0.25) is 0 Å². The van der Waals surface area contributed by atoms with Gasteiger partial charge in [-0.05, 0) is 36.8 Å². The Hall–Kier alpha value is -1.09. The van der Waals surface area contributed by atoms with Crippen LogP contribution in [0.2, 0.25) is 0 Å². The van der Waals surface area contributed by atoms with Crippen molar-refractivity contribution >= 4 is 5.82 Å². The van der Waals surface area contributed by atoms with E-state index in [9.17, 15) is 0 Å². The highest BCUT2D eigenvalue weighted by molar-refractivity contribution is 5.41. The summed E-state index contributed by atoms with van der Waals surface area (Å²) < 4.78 is 0. The molecular formula is C13H20N2O. The minimum absolute atomic E-state index is 0.0719. The molecule has 2 rings (SSSR count). The maximum atomic E-state index is 9.08. The Morgan fingerprint density at radius 3 is 2.69 bits per heavy atom. The minimum atomic E-state index is 0.0719. The molecule has 1 aliphatic rings. The molecule has 1 saturated carbocycles. The zero-order valence-electron chi connectivity index (χ0n) is 10.3. The highest BCUT2D eigenvalue weighted by Crippen LogP contribution is 2.38. The van der Waals surface area contributed by atoms with Crippen LogP contribution in [-0.2, 0) is 6.61 Å². The smallest absolute Gasteiger partial charge is 0.128 e. The average Bonchev–Trinajstić information content (AvgIpc) is 2.94. The lowest BCUT2D eigenvalue weighted by atomic mass is 10.2. The van der Waals surface area contributed by atoms with Gasteiger partial charge in [0, 0.05) is 19.3 Å². The lowest BCUT2D eigenvalue weighted by Crippen LogP contribution is -2.22. The Bertz CT molecular complexity index is 378. The van der Waals surface area contributed by atoms with Gasteiger partial charge in [0.15, 0.2) is 0 Å². The first-order valence-electron chi connectivity index (χ1n) is 5.90. The predicted octanol–water partition coefficient (Wildman–Crippen LogP) is 1.97. The van der Waals surface area contributed by atoms with Crippen LogP contribution in [0.15, 0.2) is 12.1 Å². The largest absolute Gasteiger partial charge is 0.392 e. The molecule has 0 aromatic carbocycles. The molecule has 0 saturated heterocycles. The number of aliphatic hydroxyl groups is 1. The van der Waals surface area contributed by atoms with E-state index >= 15 is 0 Å². The van der Waals surface area contributed by atoms with E-state index in [0.29, 0.717) is 0 Å². The quantitative estimate of drug-likeness (QED) is 0.843. The van der Waals surface area contributed by atoms with E-state index in [1.54, 1.807) is 0 Å². The normalized spacial score (nSPS) is 23.2. The molecule has 1 aromatic heterocycles. The van der Waals surface area contributed by atoms with Crippen molar-refractivity contribution in [3.05, 3.63) is 23.4 Å². The third-order valence-corrected chi connectivity index (χ3v) is 3.53. The molecule has 0 spiro atoms. The Morgan fingerprint density at radius 1 is 1.50 bits per heavy atom. The maximum absolute atomic E-state index is 9.08. The van der Waals surface area contributed by atoms with Gasteiger partial charge < -0.3 is 10.0 Å². The molecule has 16 heavy (non-hydrogen) atoms. The second-order valence-electron chi connectivity index (χ2n) is 4.93. The number of nitrogens with zero attached hydrogens (tertiary/aromatic N) is 2. The van der Waals surface area contributed by atoms with Crippen LogP contribution in [0.3, 0.4) is 0 Å². The molecule has 2 unspecified atom stereocenters. The monoisotopic (exact) mass is 220 g/mol. The zero-order valence-corrected chi connectivity index (χ0v) is 10.3. The Balaban J connectivity index is 2.05. The number of aromatic nitrogens is 1. The van der Waals surface area contributed by atoms with Crippen LogP contribution in [-0.4, -0.2) is 23.7 Å². The molecule has 1 aromatic rings. The first kappa shape index (κ1) is 11.4. The molecule has 3 nitrogen and oxygen atoms in total. The molecule has 0 amide bonds. The van der Waals surface area contributed by atoms with Crippen LogP contribution in [0, 0.1) is 18.8 Å². The Morgan fingerprint density at radius 2 is 2.19 bits per heavy atom. The van der Waals surface area contributed by atoms with Gasteiger partial charge in [0.2, 0.25) is 0 Å². The third-order valence-electron chi connectivity index (χ3n) is 3.53. The summed E-state index contributed by atoms with van der Waals surface area (Å²) in [7, 11) is 2.09. The molecule has 0 radical (unpaired) electrons. The number of pyridine rings is 1. The topological polar surface area (TPSA) is 36.4 Å². The minimum Gasteiger partial charge on any atom is -0.392 e. The fourth-order valence-corrected chi connectivity index (χ4v) is 2.06. The highest BCUT2D eigenvalue weighted by Gasteiger charge is 2.33. The van der Waals surface area contributed by atoms with E-state index in [0.717, 1.165) is 35.5 Å². The van der Waals surface area contributed by atoms with Crippen molar-refractivity contribution in [3.63, 3.8) is 0 Å². The molecule has 1 heterocycles. The summed E-state index contributed by atoms with van der Waals surface area (Å²) in [6, 6.07) is 3.95. The van der Waals surface area contributed by atoms with E-state index in [1.165, 1.54) is 6.42 Å². The summed E-state index contributed by atoms with van der Waals surface area (Å²) in [5.41, 5.74) is 1.84. The SMILES string of the molecule is Cc1nc(N(C)CC2CC2C)ccc1CO. The first-order chi connectivity index (χ1) is 7.61. The second kappa shape index (κ2) is 4.42. The molecule has 0 aliphatic heterocycles. The molecule has 1 aliphatic carbocycles. The van der Waals surface area contributed by atoms with Crippen LogP contribution in [0.1, 0.15) is 24.6 Å². The fourth-order valence-electron chi connectivity index (χ4n) is 2.06. The fraction of sp³-hybridized carbons (Fsp3) is 0.615. The number of hydrogen-bond acceptors (Lipinski definition) is 3. The van der Waals surface area contributed by atoms with Gasteiger partial charge in [-0.1, -0.05) is 13.0 Å². The Labute approximate surface area is 97.1 Å². The van der Waals surface area contributed by atoms with Gasteiger partial charge in [-0.2, -0.15) is 0 Å². The van der Waals surface area contributed by atoms with E-state index in [2.05, 4.69) is 23.9 Å². The zero-order chi connectivity index (χ0) is 11.7. The van der Waals surface area contributed by atoms with Crippen molar-refractivity contribution in [2.45, 2.75) is 26.9 Å². The van der Waals surface area contributed by atoms with Crippen molar-refractivity contribution in [2.24, 2.45) is 11.8 Å². The molecular weight excluding hydrogens is 200 g/mol. The molecule has 2 atom stereocenters. The van der Waals surface area contributed by atoms with Crippen molar-refractivity contribution in [3.8, 4) is 0 Å². The summed E-state index contributed by atoms with van der Waals surface area (Å²) in [5, 5.41) is 9.08. The van der Waals surface area contributed by atoms with Crippen LogP contribution in [0.25, 0.3) is 0 Å². The molecule has 1 N–H and O–H groups in total. The average molecular weight is 220 g/mol. The van der Waals surface area contributed by atoms with Crippen LogP contribution < -0.4 is 4.90 Å². The van der Waals surface area contributed by atoms with Crippen LogP contribution in [0.5, 0.6) is 0 Å². The first-order valence-corrected chi connectivity index (χ1v) is 5.90. The number of hydrogen-bond donors (Lipinski definition) is 1. The summed E-state index contributed by atoms with van der Waals surface area (Å²) in [6.45, 7) is 5.41. The van der Waals surface area contributed by atoms with E-state index in [-0.39, 0.29) is 6.61 Å². The van der Waals surface area contributed by atoms with Gasteiger partial charge in [-0.15, -0.1) is 0 Å². The number of aliphatic hydroxyl groups excluding tert-OH is 1. The molecule has 88 valence electrons. The molecule has 1 fully saturated rings. The standard InChI is InChI=1S/C13H20N2O/c1-9-6-12(9)7-15(3)13-5-4-11(8-16)10(2)14-13/h4-5,9,12,16H,6-8H2,1-3H3. The molecule has 0 bridgehead atoms. The summed E-state index contributed by atoms with van der Waals surface area (Å²) in [6.07, 6.45) is 1.35. The second-order valence-corrected chi connectivity index (χ2v) is 4.93. The van der Waals surface area contributed by atoms with E-state index < -0.39 is 0 Å². The predicted molar refractivity (Wildman–Crippen MR) is 65.4 cm³/mol. The Kier molecular flexibility index (Phi) is 3.15. The lowest BCUT2D eigenvalue weighted by molar-refractivity contribution is 0.280. The van der Waals surface area contributed by atoms with Crippen molar-refractivity contribution in [1.29, 1.82) is 0 Å². The van der Waals surface area contributed by atoms with E-state index in [4.69, 9.17) is 5.11 Å². The third kappa shape index (κ3) is 2.35. The van der Waals surface area contributed by atoms with Gasteiger partial charge in [0.1, 0.15) is 5.82 Å². The highest BCUT2D eigenvalue weighted by atomic mass is 16.3. The van der Waals surface area contributed by atoms with Gasteiger partial charge >= 0.3 is 0 Å². The van der Waals surface area contributed by atoms with Crippen molar-refractivity contribution in [1.82, 2.24) is 4.98 Å². The van der Waals surface area contributed by atoms with Crippen molar-refractivity contribution in [2.75, 3.05) is 18.5 Å². The van der Waals surface area contributed by atoms with Gasteiger partial charge in [-0.25, -0.2) is 4.98 Å². The summed E-state index contributed by atoms with van der Waals surface area (Å²) in [5.74, 6) is 2.72. The number of aryl methyl sites for hydroxylation is 1. The van der Waals surface area contributed by atoms with Gasteiger partial charge in [0.25, 0.3) is 0 Å².